The van der Waals surface area contributed by atoms with Crippen molar-refractivity contribution < 1.29 is 14.2 Å². The molecule has 2 N–H and O–H groups in total. The number of pyridine rings is 1. The van der Waals surface area contributed by atoms with E-state index in [0.717, 1.165) is 37.1 Å². The summed E-state index contributed by atoms with van der Waals surface area (Å²) in [6, 6.07) is 4.13. The Kier molecular flexibility index (Phi) is 9.57. The van der Waals surface area contributed by atoms with Crippen LogP contribution in [0.2, 0.25) is 0 Å². The highest BCUT2D eigenvalue weighted by Gasteiger charge is 2.22. The highest BCUT2D eigenvalue weighted by molar-refractivity contribution is 14.0. The van der Waals surface area contributed by atoms with Crippen molar-refractivity contribution in [3.05, 3.63) is 23.9 Å². The first-order chi connectivity index (χ1) is 12.7. The molecule has 2 atom stereocenters. The third-order valence-corrected chi connectivity index (χ3v) is 4.50. The molecular weight excluding hydrogens is 459 g/mol. The minimum atomic E-state index is 0. The van der Waals surface area contributed by atoms with Crippen LogP contribution in [0.3, 0.4) is 0 Å². The zero-order valence-corrected chi connectivity index (χ0v) is 18.5. The number of nitrogens with one attached hydrogen (secondary N) is 2. The second-order valence-corrected chi connectivity index (χ2v) is 7.05. The standard InChI is InChI=1S/C19H30N4O3.HI/c1-14(11-25-17-6-8-24-13-17)23-19(20-2)22-10-16-5-7-21-18(9-16)26-12-15-3-4-15;/h5,7,9,14-15,17H,3-4,6,8,10-13H2,1-2H3,(H2,20,22,23);1H. The second-order valence-electron chi connectivity index (χ2n) is 7.05. The van der Waals surface area contributed by atoms with Crippen LogP contribution in [0.25, 0.3) is 0 Å². The first-order valence-electron chi connectivity index (χ1n) is 9.47. The van der Waals surface area contributed by atoms with Crippen molar-refractivity contribution in [3.8, 4) is 5.88 Å². The van der Waals surface area contributed by atoms with Crippen molar-refractivity contribution in [1.82, 2.24) is 15.6 Å². The summed E-state index contributed by atoms with van der Waals surface area (Å²) in [6.07, 6.45) is 5.54. The molecule has 0 bridgehead atoms. The molecule has 0 aromatic carbocycles. The Hall–Kier alpha value is -1.13. The number of ether oxygens (including phenoxy) is 3. The fourth-order valence-electron chi connectivity index (χ4n) is 2.71. The molecule has 2 unspecified atom stereocenters. The maximum Gasteiger partial charge on any atom is 0.213 e. The molecule has 0 spiro atoms. The van der Waals surface area contributed by atoms with Crippen LogP contribution < -0.4 is 15.4 Å². The van der Waals surface area contributed by atoms with Gasteiger partial charge in [-0.05, 0) is 43.7 Å². The minimum absolute atomic E-state index is 0. The molecule has 2 fully saturated rings. The summed E-state index contributed by atoms with van der Waals surface area (Å²) in [6.45, 7) is 5.64. The zero-order valence-electron chi connectivity index (χ0n) is 16.1. The second kappa shape index (κ2) is 11.7. The molecule has 0 radical (unpaired) electrons. The van der Waals surface area contributed by atoms with E-state index in [-0.39, 0.29) is 36.1 Å². The first-order valence-corrected chi connectivity index (χ1v) is 9.47. The molecule has 1 aliphatic carbocycles. The van der Waals surface area contributed by atoms with Crippen molar-refractivity contribution in [2.45, 2.75) is 44.9 Å². The largest absolute Gasteiger partial charge is 0.477 e. The average Bonchev–Trinajstić information content (AvgIpc) is 3.35. The molecule has 3 rings (SSSR count). The molecule has 0 amide bonds. The van der Waals surface area contributed by atoms with E-state index in [4.69, 9.17) is 14.2 Å². The monoisotopic (exact) mass is 490 g/mol. The van der Waals surface area contributed by atoms with E-state index in [0.29, 0.717) is 25.6 Å². The highest BCUT2D eigenvalue weighted by atomic mass is 127. The number of rotatable bonds is 9. The SMILES string of the molecule is CN=C(NCc1ccnc(OCC2CC2)c1)NC(C)COC1CCOC1.I. The Bertz CT molecular complexity index is 592. The van der Waals surface area contributed by atoms with E-state index in [9.17, 15) is 0 Å². The van der Waals surface area contributed by atoms with E-state index < -0.39 is 0 Å². The fraction of sp³-hybridized carbons (Fsp3) is 0.684. The molecule has 27 heavy (non-hydrogen) atoms. The molecule has 1 aliphatic heterocycles. The van der Waals surface area contributed by atoms with Gasteiger partial charge >= 0.3 is 0 Å². The summed E-state index contributed by atoms with van der Waals surface area (Å²) in [5, 5.41) is 6.67. The Morgan fingerprint density at radius 3 is 2.96 bits per heavy atom. The van der Waals surface area contributed by atoms with E-state index in [1.807, 2.05) is 12.1 Å². The molecule has 8 heteroatoms. The van der Waals surface area contributed by atoms with Crippen molar-refractivity contribution in [3.63, 3.8) is 0 Å². The Labute approximate surface area is 178 Å². The topological polar surface area (TPSA) is 77.0 Å². The number of hydrogen-bond donors (Lipinski definition) is 2. The smallest absolute Gasteiger partial charge is 0.213 e. The number of guanidine groups is 1. The third-order valence-electron chi connectivity index (χ3n) is 4.50. The number of hydrogen-bond acceptors (Lipinski definition) is 5. The van der Waals surface area contributed by atoms with Gasteiger partial charge in [0.25, 0.3) is 0 Å². The first kappa shape index (κ1) is 22.2. The van der Waals surface area contributed by atoms with Crippen LogP contribution in [0.4, 0.5) is 0 Å². The Morgan fingerprint density at radius 2 is 2.26 bits per heavy atom. The van der Waals surface area contributed by atoms with Gasteiger partial charge in [-0.15, -0.1) is 24.0 Å². The number of halogens is 1. The predicted molar refractivity (Wildman–Crippen MR) is 116 cm³/mol. The van der Waals surface area contributed by atoms with Crippen LogP contribution in [0, 0.1) is 5.92 Å². The van der Waals surface area contributed by atoms with Gasteiger partial charge in [-0.2, -0.15) is 0 Å². The van der Waals surface area contributed by atoms with Gasteiger partial charge in [0.1, 0.15) is 0 Å². The molecule has 1 saturated carbocycles. The summed E-state index contributed by atoms with van der Waals surface area (Å²) in [5.41, 5.74) is 1.11. The van der Waals surface area contributed by atoms with Gasteiger partial charge in [-0.1, -0.05) is 0 Å². The lowest BCUT2D eigenvalue weighted by Gasteiger charge is -2.19. The molecule has 1 saturated heterocycles. The molecule has 2 heterocycles. The molecular formula is C19H31IN4O3. The summed E-state index contributed by atoms with van der Waals surface area (Å²) in [5.74, 6) is 2.17. The molecule has 1 aromatic rings. The molecule has 152 valence electrons. The van der Waals surface area contributed by atoms with Crippen molar-refractivity contribution in [2.24, 2.45) is 10.9 Å². The van der Waals surface area contributed by atoms with Gasteiger partial charge in [-0.3, -0.25) is 4.99 Å². The summed E-state index contributed by atoms with van der Waals surface area (Å²) in [4.78, 5) is 8.55. The van der Waals surface area contributed by atoms with E-state index in [2.05, 4.69) is 27.5 Å². The lowest BCUT2D eigenvalue weighted by atomic mass is 10.2. The molecule has 7 nitrogen and oxygen atoms in total. The van der Waals surface area contributed by atoms with Gasteiger partial charge in [-0.25, -0.2) is 4.98 Å². The normalized spacial score (nSPS) is 20.7. The van der Waals surface area contributed by atoms with Crippen molar-refractivity contribution >= 4 is 29.9 Å². The van der Waals surface area contributed by atoms with E-state index >= 15 is 0 Å². The van der Waals surface area contributed by atoms with Crippen LogP contribution in [-0.2, 0) is 16.0 Å². The van der Waals surface area contributed by atoms with Crippen LogP contribution in [0.1, 0.15) is 31.7 Å². The number of aromatic nitrogens is 1. The van der Waals surface area contributed by atoms with E-state index in [1.54, 1.807) is 13.2 Å². The summed E-state index contributed by atoms with van der Waals surface area (Å²) < 4.78 is 16.9. The molecule has 1 aromatic heterocycles. The average molecular weight is 490 g/mol. The van der Waals surface area contributed by atoms with Crippen molar-refractivity contribution in [1.29, 1.82) is 0 Å². The molecule has 2 aliphatic rings. The van der Waals surface area contributed by atoms with Gasteiger partial charge in [0.15, 0.2) is 5.96 Å². The quantitative estimate of drug-likeness (QED) is 0.315. The van der Waals surface area contributed by atoms with E-state index in [1.165, 1.54) is 12.8 Å². The van der Waals surface area contributed by atoms with Crippen LogP contribution in [0.15, 0.2) is 23.3 Å². The maximum absolute atomic E-state index is 5.84. The van der Waals surface area contributed by atoms with Gasteiger partial charge < -0.3 is 24.8 Å². The van der Waals surface area contributed by atoms with Gasteiger partial charge in [0.05, 0.1) is 25.9 Å². The Morgan fingerprint density at radius 1 is 1.41 bits per heavy atom. The maximum atomic E-state index is 5.84. The number of nitrogens with zero attached hydrogens (tertiary/aromatic N) is 2. The van der Waals surface area contributed by atoms with Crippen molar-refractivity contribution in [2.75, 3.05) is 33.5 Å². The number of aliphatic imine (C=N–C) groups is 1. The van der Waals surface area contributed by atoms with Crippen LogP contribution in [-0.4, -0.2) is 56.6 Å². The summed E-state index contributed by atoms with van der Waals surface area (Å²) in [7, 11) is 1.77. The third kappa shape index (κ3) is 8.18. The fourth-order valence-corrected chi connectivity index (χ4v) is 2.71. The highest BCUT2D eigenvalue weighted by Crippen LogP contribution is 2.29. The van der Waals surface area contributed by atoms with Gasteiger partial charge in [0.2, 0.25) is 5.88 Å². The minimum Gasteiger partial charge on any atom is -0.477 e. The van der Waals surface area contributed by atoms with Gasteiger partial charge in [0, 0.05) is 38.5 Å². The lowest BCUT2D eigenvalue weighted by molar-refractivity contribution is 0.0347. The lowest BCUT2D eigenvalue weighted by Crippen LogP contribution is -2.44. The summed E-state index contributed by atoms with van der Waals surface area (Å²) >= 11 is 0. The predicted octanol–water partition coefficient (Wildman–Crippen LogP) is 2.35. The Balaban J connectivity index is 0.00000261. The van der Waals surface area contributed by atoms with Crippen LogP contribution >= 0.6 is 24.0 Å². The zero-order chi connectivity index (χ0) is 18.2. The van der Waals surface area contributed by atoms with Crippen LogP contribution in [0.5, 0.6) is 5.88 Å².